The minimum Gasteiger partial charge on any atom is -0.479 e. The Bertz CT molecular complexity index is 1080. The number of benzene rings is 2. The summed E-state index contributed by atoms with van der Waals surface area (Å²) in [5, 5.41) is 5.42. The van der Waals surface area contributed by atoms with Gasteiger partial charge >= 0.3 is 0 Å². The molecule has 9 heteroatoms. The van der Waals surface area contributed by atoms with Crippen LogP contribution >= 0.6 is 0 Å². The Kier molecular flexibility index (Phi) is 6.14. The molecule has 0 saturated carbocycles. The lowest BCUT2D eigenvalue weighted by atomic mass is 10.1. The molecule has 0 saturated heterocycles. The Balaban J connectivity index is 1.71. The van der Waals surface area contributed by atoms with Crippen molar-refractivity contribution in [1.29, 1.82) is 0 Å². The molecule has 2 aromatic carbocycles. The van der Waals surface area contributed by atoms with E-state index in [-0.39, 0.29) is 23.1 Å². The second-order valence-corrected chi connectivity index (χ2v) is 9.40. The van der Waals surface area contributed by atoms with Crippen LogP contribution in [0.2, 0.25) is 0 Å². The molecule has 8 nitrogen and oxygen atoms in total. The average Bonchev–Trinajstić information content (AvgIpc) is 2.68. The highest BCUT2D eigenvalue weighted by atomic mass is 32.2. The molecular weight excluding hydrogens is 406 g/mol. The number of aryl methyl sites for hydroxylation is 2. The molecule has 1 unspecified atom stereocenters. The smallest absolute Gasteiger partial charge is 0.265 e. The lowest BCUT2D eigenvalue weighted by molar-refractivity contribution is -0.123. The number of fused-ring (bicyclic) bond motifs is 1. The molecule has 0 spiro atoms. The zero-order valence-electron chi connectivity index (χ0n) is 17.4. The van der Waals surface area contributed by atoms with Gasteiger partial charge in [0.25, 0.3) is 5.91 Å². The van der Waals surface area contributed by atoms with Crippen LogP contribution in [0.1, 0.15) is 23.6 Å². The summed E-state index contributed by atoms with van der Waals surface area (Å²) in [4.78, 5) is 24.1. The fourth-order valence-corrected chi connectivity index (χ4v) is 4.38. The molecule has 30 heavy (non-hydrogen) atoms. The van der Waals surface area contributed by atoms with Gasteiger partial charge in [-0.1, -0.05) is 29.8 Å². The third kappa shape index (κ3) is 4.63. The largest absolute Gasteiger partial charge is 0.479 e. The van der Waals surface area contributed by atoms with E-state index in [1.54, 1.807) is 19.9 Å². The van der Waals surface area contributed by atoms with Gasteiger partial charge in [-0.15, -0.1) is 0 Å². The fourth-order valence-electron chi connectivity index (χ4n) is 3.04. The van der Waals surface area contributed by atoms with Gasteiger partial charge < -0.3 is 15.4 Å². The van der Waals surface area contributed by atoms with Crippen molar-refractivity contribution in [2.45, 2.75) is 38.3 Å². The molecule has 160 valence electrons. The summed E-state index contributed by atoms with van der Waals surface area (Å²) in [5.41, 5.74) is 2.92. The molecule has 1 aliphatic heterocycles. The standard InChI is InChI=1S/C21H25N3O5S/c1-13-5-7-16(8-6-13)11-22-20(25)12-24(4)30(27,28)19-10-18-17(9-14(19)2)23-21(26)15(3)29-18/h5-10,15H,11-12H2,1-4H3,(H,22,25)(H,23,26). The van der Waals surface area contributed by atoms with Gasteiger partial charge in [-0.05, 0) is 38.0 Å². The predicted molar refractivity (Wildman–Crippen MR) is 113 cm³/mol. The number of hydrogen-bond donors (Lipinski definition) is 2. The van der Waals surface area contributed by atoms with Crippen molar-refractivity contribution in [3.8, 4) is 5.75 Å². The van der Waals surface area contributed by atoms with Crippen LogP contribution < -0.4 is 15.4 Å². The van der Waals surface area contributed by atoms with E-state index < -0.39 is 22.0 Å². The Morgan fingerprint density at radius 2 is 1.87 bits per heavy atom. The van der Waals surface area contributed by atoms with E-state index in [1.165, 1.54) is 13.1 Å². The monoisotopic (exact) mass is 431 g/mol. The van der Waals surface area contributed by atoms with Crippen molar-refractivity contribution in [3.05, 3.63) is 53.1 Å². The van der Waals surface area contributed by atoms with Crippen molar-refractivity contribution in [2.24, 2.45) is 0 Å². The second-order valence-electron chi connectivity index (χ2n) is 7.39. The number of amides is 2. The number of ether oxygens (including phenoxy) is 1. The number of nitrogens with one attached hydrogen (secondary N) is 2. The van der Waals surface area contributed by atoms with Crippen LogP contribution in [0.3, 0.4) is 0 Å². The summed E-state index contributed by atoms with van der Waals surface area (Å²) in [5.74, 6) is -0.419. The highest BCUT2D eigenvalue weighted by Gasteiger charge is 2.30. The van der Waals surface area contributed by atoms with Gasteiger partial charge in [-0.3, -0.25) is 9.59 Å². The van der Waals surface area contributed by atoms with E-state index >= 15 is 0 Å². The van der Waals surface area contributed by atoms with E-state index in [4.69, 9.17) is 4.74 Å². The second kappa shape index (κ2) is 8.45. The summed E-state index contributed by atoms with van der Waals surface area (Å²) in [6.45, 7) is 5.18. The van der Waals surface area contributed by atoms with E-state index in [0.717, 1.165) is 15.4 Å². The molecule has 2 aromatic rings. The molecule has 1 atom stereocenters. The van der Waals surface area contributed by atoms with Gasteiger partial charge in [-0.2, -0.15) is 4.31 Å². The van der Waals surface area contributed by atoms with E-state index in [9.17, 15) is 18.0 Å². The van der Waals surface area contributed by atoms with Crippen LogP contribution in [-0.4, -0.2) is 44.2 Å². The quantitative estimate of drug-likeness (QED) is 0.728. The Morgan fingerprint density at radius 3 is 2.53 bits per heavy atom. The van der Waals surface area contributed by atoms with Gasteiger partial charge in [0.15, 0.2) is 6.10 Å². The van der Waals surface area contributed by atoms with Crippen molar-refractivity contribution in [1.82, 2.24) is 9.62 Å². The third-order valence-electron chi connectivity index (χ3n) is 4.87. The van der Waals surface area contributed by atoms with Crippen LogP contribution in [0.4, 0.5) is 5.69 Å². The summed E-state index contributed by atoms with van der Waals surface area (Å²) >= 11 is 0. The lowest BCUT2D eigenvalue weighted by Gasteiger charge is -2.25. The number of rotatable bonds is 6. The first-order chi connectivity index (χ1) is 14.1. The summed E-state index contributed by atoms with van der Waals surface area (Å²) in [7, 11) is -2.59. The first-order valence-corrected chi connectivity index (χ1v) is 10.9. The molecular formula is C21H25N3O5S. The van der Waals surface area contributed by atoms with Crippen molar-refractivity contribution in [2.75, 3.05) is 18.9 Å². The highest BCUT2D eigenvalue weighted by Crippen LogP contribution is 2.35. The Labute approximate surface area is 176 Å². The zero-order chi connectivity index (χ0) is 22.1. The zero-order valence-corrected chi connectivity index (χ0v) is 18.2. The summed E-state index contributed by atoms with van der Waals surface area (Å²) in [6.07, 6.45) is -0.721. The van der Waals surface area contributed by atoms with Crippen LogP contribution in [0, 0.1) is 13.8 Å². The van der Waals surface area contributed by atoms with Crippen LogP contribution in [0.5, 0.6) is 5.75 Å². The number of nitrogens with zero attached hydrogens (tertiary/aromatic N) is 1. The third-order valence-corrected chi connectivity index (χ3v) is 6.82. The summed E-state index contributed by atoms with van der Waals surface area (Å²) < 4.78 is 32.6. The number of likely N-dealkylation sites (N-methyl/N-ethyl adjacent to an activating group) is 1. The molecule has 2 N–H and O–H groups in total. The number of carbonyl (C=O) groups excluding carboxylic acids is 2. The molecule has 3 rings (SSSR count). The maximum absolute atomic E-state index is 13.0. The van der Waals surface area contributed by atoms with E-state index in [1.807, 2.05) is 31.2 Å². The van der Waals surface area contributed by atoms with Gasteiger partial charge in [0.1, 0.15) is 5.75 Å². The van der Waals surface area contributed by atoms with E-state index in [2.05, 4.69) is 10.6 Å². The Hall–Kier alpha value is -2.91. The molecule has 2 amide bonds. The first kappa shape index (κ1) is 21.8. The topological polar surface area (TPSA) is 105 Å². The predicted octanol–water partition coefficient (Wildman–Crippen LogP) is 1.96. The first-order valence-electron chi connectivity index (χ1n) is 9.48. The number of anilines is 1. The highest BCUT2D eigenvalue weighted by molar-refractivity contribution is 7.89. The van der Waals surface area contributed by atoms with Gasteiger partial charge in [-0.25, -0.2) is 8.42 Å². The van der Waals surface area contributed by atoms with Crippen molar-refractivity contribution in [3.63, 3.8) is 0 Å². The van der Waals surface area contributed by atoms with Gasteiger partial charge in [0, 0.05) is 19.7 Å². The van der Waals surface area contributed by atoms with Crippen molar-refractivity contribution >= 4 is 27.5 Å². The van der Waals surface area contributed by atoms with Crippen LogP contribution in [0.15, 0.2) is 41.3 Å². The summed E-state index contributed by atoms with van der Waals surface area (Å²) in [6, 6.07) is 10.6. The van der Waals surface area contributed by atoms with Gasteiger partial charge in [0.05, 0.1) is 17.1 Å². The number of hydrogen-bond acceptors (Lipinski definition) is 5. The van der Waals surface area contributed by atoms with Crippen molar-refractivity contribution < 1.29 is 22.7 Å². The normalized spacial score (nSPS) is 15.9. The molecule has 1 aliphatic rings. The Morgan fingerprint density at radius 1 is 1.20 bits per heavy atom. The minimum absolute atomic E-state index is 0.0263. The van der Waals surface area contributed by atoms with Crippen LogP contribution in [0.25, 0.3) is 0 Å². The molecule has 0 radical (unpaired) electrons. The molecule has 0 aliphatic carbocycles. The maximum atomic E-state index is 13.0. The lowest BCUT2D eigenvalue weighted by Crippen LogP contribution is -2.38. The SMILES string of the molecule is Cc1ccc(CNC(=O)CN(C)S(=O)(=O)c2cc3c(cc2C)NC(=O)C(C)O3)cc1. The maximum Gasteiger partial charge on any atom is 0.265 e. The minimum atomic E-state index is -3.94. The molecule has 0 aromatic heterocycles. The number of sulfonamides is 1. The van der Waals surface area contributed by atoms with Gasteiger partial charge in [0.2, 0.25) is 15.9 Å². The molecule has 0 bridgehead atoms. The van der Waals surface area contributed by atoms with Crippen LogP contribution in [-0.2, 0) is 26.2 Å². The molecule has 1 heterocycles. The van der Waals surface area contributed by atoms with E-state index in [0.29, 0.717) is 17.8 Å². The molecule has 0 fully saturated rings. The fraction of sp³-hybridized carbons (Fsp3) is 0.333. The average molecular weight is 432 g/mol. The number of carbonyl (C=O) groups is 2.